The highest BCUT2D eigenvalue weighted by atomic mass is 35.5. The first-order valence-electron chi connectivity index (χ1n) is 5.90. The van der Waals surface area contributed by atoms with Gasteiger partial charge in [0.1, 0.15) is 16.7 Å². The highest BCUT2D eigenvalue weighted by Crippen LogP contribution is 2.24. The maximum Gasteiger partial charge on any atom is 0.263 e. The molecule has 0 heterocycles. The van der Waals surface area contributed by atoms with Crippen LogP contribution in [-0.2, 0) is 10.0 Å². The van der Waals surface area contributed by atoms with Crippen molar-refractivity contribution in [3.8, 4) is 11.8 Å². The summed E-state index contributed by atoms with van der Waals surface area (Å²) in [4.78, 5) is 0.0106. The van der Waals surface area contributed by atoms with Gasteiger partial charge in [-0.05, 0) is 36.4 Å². The summed E-state index contributed by atoms with van der Waals surface area (Å²) in [7, 11) is -3.75. The van der Waals surface area contributed by atoms with E-state index in [0.717, 1.165) is 0 Å². The molecular formula is C14H11ClN2O3S. The first-order valence-corrected chi connectivity index (χ1v) is 7.76. The van der Waals surface area contributed by atoms with E-state index in [-0.39, 0.29) is 16.5 Å². The van der Waals surface area contributed by atoms with E-state index >= 15 is 0 Å². The second-order valence-electron chi connectivity index (χ2n) is 4.01. The lowest BCUT2D eigenvalue weighted by Crippen LogP contribution is -2.13. The molecule has 1 N–H and O–H groups in total. The lowest BCUT2D eigenvalue weighted by Gasteiger charge is -2.10. The minimum Gasteiger partial charge on any atom is -0.479 e. The standard InChI is InChI=1S/C14H11ClN2O3S/c15-13-3-1-2-4-14(13)21(18,19)17-11-5-7-12(8-6-11)20-10-9-16/h1-8,17H,10H2. The summed E-state index contributed by atoms with van der Waals surface area (Å²) in [5.74, 6) is 0.484. The van der Waals surface area contributed by atoms with Gasteiger partial charge in [-0.1, -0.05) is 23.7 Å². The van der Waals surface area contributed by atoms with Gasteiger partial charge in [0.25, 0.3) is 10.0 Å². The maximum absolute atomic E-state index is 12.2. The van der Waals surface area contributed by atoms with Gasteiger partial charge in [0.05, 0.1) is 5.02 Å². The number of nitrogens with one attached hydrogen (secondary N) is 1. The SMILES string of the molecule is N#CCOc1ccc(NS(=O)(=O)c2ccccc2Cl)cc1. The summed E-state index contributed by atoms with van der Waals surface area (Å²) in [6.07, 6.45) is 0. The number of ether oxygens (including phenoxy) is 1. The van der Waals surface area contributed by atoms with E-state index in [0.29, 0.717) is 11.4 Å². The van der Waals surface area contributed by atoms with Crippen molar-refractivity contribution in [2.45, 2.75) is 4.90 Å². The lowest BCUT2D eigenvalue weighted by molar-refractivity contribution is 0.368. The van der Waals surface area contributed by atoms with E-state index in [1.165, 1.54) is 12.1 Å². The Morgan fingerprint density at radius 2 is 1.81 bits per heavy atom. The third-order valence-corrected chi connectivity index (χ3v) is 4.42. The van der Waals surface area contributed by atoms with Crippen molar-refractivity contribution in [3.05, 3.63) is 53.6 Å². The molecule has 0 fully saturated rings. The molecule has 21 heavy (non-hydrogen) atoms. The van der Waals surface area contributed by atoms with Gasteiger partial charge < -0.3 is 4.74 Å². The van der Waals surface area contributed by atoms with E-state index in [1.807, 2.05) is 6.07 Å². The smallest absolute Gasteiger partial charge is 0.263 e. The molecule has 108 valence electrons. The second-order valence-corrected chi connectivity index (χ2v) is 6.07. The summed E-state index contributed by atoms with van der Waals surface area (Å²) in [5, 5.41) is 8.56. The molecule has 2 rings (SSSR count). The second kappa shape index (κ2) is 6.48. The Bertz CT molecular complexity index is 768. The number of hydrogen-bond acceptors (Lipinski definition) is 4. The molecule has 0 aromatic heterocycles. The zero-order chi connectivity index (χ0) is 15.3. The third kappa shape index (κ3) is 3.88. The average molecular weight is 323 g/mol. The minimum absolute atomic E-state index is 0.0106. The van der Waals surface area contributed by atoms with E-state index in [9.17, 15) is 8.42 Å². The number of rotatable bonds is 5. The summed E-state index contributed by atoms with van der Waals surface area (Å²) in [6, 6.07) is 14.3. The van der Waals surface area contributed by atoms with Crippen LogP contribution in [0.1, 0.15) is 0 Å². The molecule has 0 aliphatic heterocycles. The fraction of sp³-hybridized carbons (Fsp3) is 0.0714. The third-order valence-electron chi connectivity index (χ3n) is 2.54. The fourth-order valence-electron chi connectivity index (χ4n) is 1.61. The van der Waals surface area contributed by atoms with Crippen LogP contribution in [0.25, 0.3) is 0 Å². The van der Waals surface area contributed by atoms with Crippen LogP contribution in [0.4, 0.5) is 5.69 Å². The van der Waals surface area contributed by atoms with Gasteiger partial charge in [0, 0.05) is 5.69 Å². The molecule has 0 atom stereocenters. The van der Waals surface area contributed by atoms with Gasteiger partial charge >= 0.3 is 0 Å². The molecule has 7 heteroatoms. The maximum atomic E-state index is 12.2. The van der Waals surface area contributed by atoms with Crippen molar-refractivity contribution >= 4 is 27.3 Å². The van der Waals surface area contributed by atoms with Crippen molar-refractivity contribution in [1.82, 2.24) is 0 Å². The summed E-state index contributed by atoms with van der Waals surface area (Å²) in [6.45, 7) is -0.0648. The van der Waals surface area contributed by atoms with Gasteiger partial charge in [0.15, 0.2) is 6.61 Å². The van der Waals surface area contributed by atoms with Crippen molar-refractivity contribution < 1.29 is 13.2 Å². The first kappa shape index (κ1) is 15.2. The van der Waals surface area contributed by atoms with E-state index in [1.54, 1.807) is 36.4 Å². The van der Waals surface area contributed by atoms with Crippen LogP contribution in [0.15, 0.2) is 53.4 Å². The number of hydrogen-bond donors (Lipinski definition) is 1. The van der Waals surface area contributed by atoms with Crippen LogP contribution in [-0.4, -0.2) is 15.0 Å². The Kier molecular flexibility index (Phi) is 4.68. The lowest BCUT2D eigenvalue weighted by atomic mass is 10.3. The van der Waals surface area contributed by atoms with E-state index < -0.39 is 10.0 Å². The van der Waals surface area contributed by atoms with Crippen LogP contribution in [0.3, 0.4) is 0 Å². The Morgan fingerprint density at radius 1 is 1.14 bits per heavy atom. The normalized spacial score (nSPS) is 10.7. The molecule has 0 amide bonds. The molecule has 0 spiro atoms. The van der Waals surface area contributed by atoms with Crippen molar-refractivity contribution in [3.63, 3.8) is 0 Å². The molecular weight excluding hydrogens is 312 g/mol. The molecule has 0 aliphatic carbocycles. The molecule has 5 nitrogen and oxygen atoms in total. The summed E-state index contributed by atoms with van der Waals surface area (Å²) in [5.41, 5.74) is 0.374. The molecule has 0 aliphatic rings. The van der Waals surface area contributed by atoms with Crippen LogP contribution in [0, 0.1) is 11.3 Å². The molecule has 0 saturated heterocycles. The number of sulfonamides is 1. The number of nitrogens with zero attached hydrogens (tertiary/aromatic N) is 1. The molecule has 2 aromatic rings. The minimum atomic E-state index is -3.75. The van der Waals surface area contributed by atoms with E-state index in [2.05, 4.69) is 4.72 Å². The van der Waals surface area contributed by atoms with Crippen molar-refractivity contribution in [1.29, 1.82) is 5.26 Å². The quantitative estimate of drug-likeness (QED) is 0.917. The van der Waals surface area contributed by atoms with E-state index in [4.69, 9.17) is 21.6 Å². The van der Waals surface area contributed by atoms with Crippen molar-refractivity contribution in [2.24, 2.45) is 0 Å². The summed E-state index contributed by atoms with van der Waals surface area (Å²) >= 11 is 5.89. The van der Waals surface area contributed by atoms with Gasteiger partial charge in [-0.15, -0.1) is 0 Å². The Hall–Kier alpha value is -2.23. The highest BCUT2D eigenvalue weighted by Gasteiger charge is 2.17. The highest BCUT2D eigenvalue weighted by molar-refractivity contribution is 7.92. The topological polar surface area (TPSA) is 79.2 Å². The predicted octanol–water partition coefficient (Wildman–Crippen LogP) is 3.04. The van der Waals surface area contributed by atoms with Crippen molar-refractivity contribution in [2.75, 3.05) is 11.3 Å². The largest absolute Gasteiger partial charge is 0.479 e. The molecule has 0 unspecified atom stereocenters. The molecule has 2 aromatic carbocycles. The van der Waals surface area contributed by atoms with Gasteiger partial charge in [-0.3, -0.25) is 4.72 Å². The first-order chi connectivity index (χ1) is 10.0. The van der Waals surface area contributed by atoms with Crippen LogP contribution < -0.4 is 9.46 Å². The number of anilines is 1. The van der Waals surface area contributed by atoms with Crippen LogP contribution >= 0.6 is 11.6 Å². The monoisotopic (exact) mass is 322 g/mol. The number of benzene rings is 2. The number of nitriles is 1. The van der Waals surface area contributed by atoms with Gasteiger partial charge in [-0.25, -0.2) is 8.42 Å². The number of halogens is 1. The van der Waals surface area contributed by atoms with Gasteiger partial charge in [-0.2, -0.15) is 5.26 Å². The van der Waals surface area contributed by atoms with Crippen LogP contribution in [0.5, 0.6) is 5.75 Å². The Balaban J connectivity index is 2.18. The zero-order valence-corrected chi connectivity index (χ0v) is 12.4. The predicted molar refractivity (Wildman–Crippen MR) is 79.8 cm³/mol. The zero-order valence-electron chi connectivity index (χ0n) is 10.8. The molecule has 0 bridgehead atoms. The Labute approximate surface area is 127 Å². The van der Waals surface area contributed by atoms with Crippen LogP contribution in [0.2, 0.25) is 5.02 Å². The Morgan fingerprint density at radius 3 is 2.43 bits per heavy atom. The van der Waals surface area contributed by atoms with Gasteiger partial charge in [0.2, 0.25) is 0 Å². The molecule has 0 saturated carbocycles. The summed E-state index contributed by atoms with van der Waals surface area (Å²) < 4.78 is 31.9. The average Bonchev–Trinajstić information content (AvgIpc) is 2.46. The molecule has 0 radical (unpaired) electrons. The fourth-order valence-corrected chi connectivity index (χ4v) is 3.19.